The molecule has 0 radical (unpaired) electrons. The van der Waals surface area contributed by atoms with Gasteiger partial charge >= 0.3 is 0 Å². The van der Waals surface area contributed by atoms with Crippen LogP contribution in [-0.4, -0.2) is 11.2 Å². The summed E-state index contributed by atoms with van der Waals surface area (Å²) >= 11 is 5.51. The fourth-order valence-electron chi connectivity index (χ4n) is 4.28. The number of rotatable bonds is 4. The molecule has 21 heavy (non-hydrogen) atoms. The highest BCUT2D eigenvalue weighted by Crippen LogP contribution is 2.49. The predicted octanol–water partition coefficient (Wildman–Crippen LogP) is 4.04. The molecule has 2 saturated carbocycles. The number of thiocarbonyl (C=S) groups is 1. The van der Waals surface area contributed by atoms with Gasteiger partial charge in [-0.3, -0.25) is 0 Å². The average molecular weight is 302 g/mol. The van der Waals surface area contributed by atoms with E-state index in [-0.39, 0.29) is 6.04 Å². The molecule has 0 spiro atoms. The Morgan fingerprint density at radius 2 is 1.86 bits per heavy atom. The van der Waals surface area contributed by atoms with E-state index in [0.29, 0.717) is 6.04 Å². The molecule has 1 aromatic carbocycles. The zero-order valence-electron chi connectivity index (χ0n) is 13.0. The van der Waals surface area contributed by atoms with Gasteiger partial charge in [0, 0.05) is 6.04 Å². The highest BCUT2D eigenvalue weighted by molar-refractivity contribution is 7.80. The summed E-state index contributed by atoms with van der Waals surface area (Å²) in [5, 5.41) is 7.74. The van der Waals surface area contributed by atoms with Crippen molar-refractivity contribution in [1.29, 1.82) is 0 Å². The maximum absolute atomic E-state index is 5.51. The monoisotopic (exact) mass is 302 g/mol. The van der Waals surface area contributed by atoms with Crippen molar-refractivity contribution in [2.45, 2.75) is 51.6 Å². The molecule has 0 heterocycles. The molecule has 0 amide bonds. The number of nitrogens with one attached hydrogen (secondary N) is 2. The largest absolute Gasteiger partial charge is 0.360 e. The van der Waals surface area contributed by atoms with Crippen molar-refractivity contribution in [3.63, 3.8) is 0 Å². The van der Waals surface area contributed by atoms with Gasteiger partial charge in [0.1, 0.15) is 0 Å². The molecule has 114 valence electrons. The van der Waals surface area contributed by atoms with Crippen LogP contribution in [0.5, 0.6) is 0 Å². The summed E-state index contributed by atoms with van der Waals surface area (Å²) in [6.07, 6.45) is 5.75. The van der Waals surface area contributed by atoms with Crippen LogP contribution in [0.25, 0.3) is 0 Å². The quantitative estimate of drug-likeness (QED) is 0.821. The molecule has 3 rings (SSSR count). The van der Waals surface area contributed by atoms with Crippen LogP contribution in [0.4, 0.5) is 0 Å². The summed E-state index contributed by atoms with van der Waals surface area (Å²) in [5.74, 6) is 2.75. The highest BCUT2D eigenvalue weighted by atomic mass is 32.1. The lowest BCUT2D eigenvalue weighted by molar-refractivity contribution is 0.278. The lowest BCUT2D eigenvalue weighted by Crippen LogP contribution is -2.45. The van der Waals surface area contributed by atoms with Crippen LogP contribution in [0.2, 0.25) is 0 Å². The van der Waals surface area contributed by atoms with E-state index < -0.39 is 0 Å². The summed E-state index contributed by atoms with van der Waals surface area (Å²) < 4.78 is 0. The number of benzene rings is 1. The van der Waals surface area contributed by atoms with Crippen LogP contribution in [0.15, 0.2) is 30.3 Å². The molecule has 2 nitrogen and oxygen atoms in total. The smallest absolute Gasteiger partial charge is 0.166 e. The minimum Gasteiger partial charge on any atom is -0.360 e. The van der Waals surface area contributed by atoms with Gasteiger partial charge in [-0.2, -0.15) is 0 Å². The second kappa shape index (κ2) is 6.35. The van der Waals surface area contributed by atoms with Gasteiger partial charge in [-0.05, 0) is 68.6 Å². The Morgan fingerprint density at radius 1 is 1.10 bits per heavy atom. The third kappa shape index (κ3) is 3.39. The van der Waals surface area contributed by atoms with E-state index in [1.807, 2.05) is 6.07 Å². The van der Waals surface area contributed by atoms with Crippen LogP contribution < -0.4 is 10.6 Å². The van der Waals surface area contributed by atoms with Gasteiger partial charge in [0.25, 0.3) is 0 Å². The second-order valence-corrected chi connectivity index (χ2v) is 7.29. The van der Waals surface area contributed by atoms with Crippen molar-refractivity contribution in [3.8, 4) is 0 Å². The van der Waals surface area contributed by atoms with Crippen LogP contribution in [-0.2, 0) is 0 Å². The number of hydrogen-bond donors (Lipinski definition) is 2. The van der Waals surface area contributed by atoms with E-state index in [2.05, 4.69) is 48.7 Å². The molecule has 0 unspecified atom stereocenters. The minimum atomic E-state index is 0.249. The molecule has 0 saturated heterocycles. The lowest BCUT2D eigenvalue weighted by atomic mass is 9.84. The Morgan fingerprint density at radius 3 is 2.48 bits per heavy atom. The fraction of sp³-hybridized carbons (Fsp3) is 0.611. The summed E-state index contributed by atoms with van der Waals surface area (Å²) in [4.78, 5) is 0. The van der Waals surface area contributed by atoms with Gasteiger partial charge < -0.3 is 10.6 Å². The number of hydrogen-bond acceptors (Lipinski definition) is 1. The summed E-state index contributed by atoms with van der Waals surface area (Å²) in [5.41, 5.74) is 1.27. The van der Waals surface area contributed by atoms with E-state index in [9.17, 15) is 0 Å². The topological polar surface area (TPSA) is 24.1 Å². The predicted molar refractivity (Wildman–Crippen MR) is 92.1 cm³/mol. The molecular formula is C18H26N2S. The molecule has 1 aromatic rings. The standard InChI is InChI=1S/C18H26N2S/c1-12(15-6-4-3-5-7-15)19-18(21)20-13(2)17-11-14-8-9-16(17)10-14/h3-7,12-14,16-17H,8-11H2,1-2H3,(H2,19,20,21)/t12-,13-,14+,16+,17-/m0/s1. The first-order valence-electron chi connectivity index (χ1n) is 8.25. The van der Waals surface area contributed by atoms with E-state index in [1.165, 1.54) is 31.2 Å². The van der Waals surface area contributed by atoms with Crippen molar-refractivity contribution in [1.82, 2.24) is 10.6 Å². The highest BCUT2D eigenvalue weighted by Gasteiger charge is 2.41. The second-order valence-electron chi connectivity index (χ2n) is 6.88. The molecular weight excluding hydrogens is 276 g/mol. The van der Waals surface area contributed by atoms with E-state index in [4.69, 9.17) is 12.2 Å². The molecule has 0 aromatic heterocycles. The van der Waals surface area contributed by atoms with Gasteiger partial charge in [-0.15, -0.1) is 0 Å². The van der Waals surface area contributed by atoms with Crippen molar-refractivity contribution in [3.05, 3.63) is 35.9 Å². The molecule has 0 aliphatic heterocycles. The molecule has 2 N–H and O–H groups in total. The fourth-order valence-corrected chi connectivity index (χ4v) is 4.65. The van der Waals surface area contributed by atoms with E-state index in [1.54, 1.807) is 0 Å². The van der Waals surface area contributed by atoms with Crippen LogP contribution in [0.3, 0.4) is 0 Å². The zero-order valence-corrected chi connectivity index (χ0v) is 13.8. The summed E-state index contributed by atoms with van der Waals surface area (Å²) in [7, 11) is 0. The molecule has 3 heteroatoms. The molecule has 2 aliphatic carbocycles. The van der Waals surface area contributed by atoms with Crippen LogP contribution in [0.1, 0.15) is 51.1 Å². The number of fused-ring (bicyclic) bond motifs is 2. The lowest BCUT2D eigenvalue weighted by Gasteiger charge is -2.30. The van der Waals surface area contributed by atoms with Gasteiger partial charge in [-0.25, -0.2) is 0 Å². The zero-order chi connectivity index (χ0) is 14.8. The van der Waals surface area contributed by atoms with E-state index >= 15 is 0 Å². The maximum atomic E-state index is 5.51. The van der Waals surface area contributed by atoms with Crippen molar-refractivity contribution in [2.24, 2.45) is 17.8 Å². The van der Waals surface area contributed by atoms with Gasteiger partial charge in [0.15, 0.2) is 5.11 Å². The Hall–Kier alpha value is -1.09. The average Bonchev–Trinajstić information content (AvgIpc) is 3.10. The van der Waals surface area contributed by atoms with Gasteiger partial charge in [0.05, 0.1) is 6.04 Å². The summed E-state index contributed by atoms with van der Waals surface area (Å²) in [6.45, 7) is 4.46. The molecule has 5 atom stereocenters. The SMILES string of the molecule is C[C@H](NC(=S)N[C@@H](C)[C@@H]1C[C@@H]2CC[C@@H]1C2)c1ccccc1. The van der Waals surface area contributed by atoms with Gasteiger partial charge in [-0.1, -0.05) is 36.8 Å². The summed E-state index contributed by atoms with van der Waals surface area (Å²) in [6, 6.07) is 11.2. The van der Waals surface area contributed by atoms with Crippen molar-refractivity contribution < 1.29 is 0 Å². The maximum Gasteiger partial charge on any atom is 0.166 e. The van der Waals surface area contributed by atoms with Crippen molar-refractivity contribution in [2.75, 3.05) is 0 Å². The van der Waals surface area contributed by atoms with Crippen LogP contribution in [0, 0.1) is 17.8 Å². The molecule has 2 aliphatic rings. The van der Waals surface area contributed by atoms with E-state index in [0.717, 1.165) is 22.9 Å². The third-order valence-electron chi connectivity index (χ3n) is 5.44. The first-order chi connectivity index (χ1) is 10.1. The Labute approximate surface area is 133 Å². The molecule has 2 bridgehead atoms. The minimum absolute atomic E-state index is 0.249. The third-order valence-corrected chi connectivity index (χ3v) is 5.68. The van der Waals surface area contributed by atoms with Crippen LogP contribution >= 0.6 is 12.2 Å². The first-order valence-corrected chi connectivity index (χ1v) is 8.66. The first kappa shape index (κ1) is 14.8. The molecule has 2 fully saturated rings. The van der Waals surface area contributed by atoms with Gasteiger partial charge in [0.2, 0.25) is 0 Å². The normalized spacial score (nSPS) is 29.9. The van der Waals surface area contributed by atoms with Crippen molar-refractivity contribution >= 4 is 17.3 Å². The Kier molecular flexibility index (Phi) is 4.48. The Bertz CT molecular complexity index is 487. The Balaban J connectivity index is 1.50.